The van der Waals surface area contributed by atoms with Gasteiger partial charge in [0.2, 0.25) is 11.8 Å². The molecule has 0 aliphatic rings. The van der Waals surface area contributed by atoms with Gasteiger partial charge in [-0.25, -0.2) is 0 Å². The lowest BCUT2D eigenvalue weighted by atomic mass is 10.1. The van der Waals surface area contributed by atoms with Crippen LogP contribution in [-0.2, 0) is 20.9 Å². The third-order valence-corrected chi connectivity index (χ3v) is 3.75. The highest BCUT2D eigenvalue weighted by atomic mass is 16.5. The van der Waals surface area contributed by atoms with E-state index in [-0.39, 0.29) is 11.8 Å². The number of rotatable bonds is 9. The molecule has 1 aromatic rings. The number of hydrogen-bond acceptors (Lipinski definition) is 4. The lowest BCUT2D eigenvalue weighted by Gasteiger charge is -2.26. The summed E-state index contributed by atoms with van der Waals surface area (Å²) in [6.07, 6.45) is 0.881. The van der Waals surface area contributed by atoms with Crippen molar-refractivity contribution in [2.45, 2.75) is 33.2 Å². The summed E-state index contributed by atoms with van der Waals surface area (Å²) in [4.78, 5) is 27.6. The van der Waals surface area contributed by atoms with Gasteiger partial charge in [-0.05, 0) is 23.8 Å². The Bertz CT molecular complexity index is 558. The first kappa shape index (κ1) is 20.0. The van der Waals surface area contributed by atoms with Crippen molar-refractivity contribution in [3.63, 3.8) is 0 Å². The Morgan fingerprint density at radius 3 is 2.42 bits per heavy atom. The third-order valence-electron chi connectivity index (χ3n) is 3.75. The van der Waals surface area contributed by atoms with E-state index in [2.05, 4.69) is 5.32 Å². The number of amides is 2. The smallest absolute Gasteiger partial charge is 0.224 e. The summed E-state index contributed by atoms with van der Waals surface area (Å²) in [6, 6.07) is 5.78. The van der Waals surface area contributed by atoms with Crippen molar-refractivity contribution >= 4 is 23.2 Å². The van der Waals surface area contributed by atoms with Crippen molar-refractivity contribution in [1.29, 1.82) is 0 Å². The number of methoxy groups -OCH3 is 1. The first-order valence-corrected chi connectivity index (χ1v) is 8.29. The molecule has 0 atom stereocenters. The second kappa shape index (κ2) is 9.93. The molecule has 0 saturated heterocycles. The molecule has 6 nitrogen and oxygen atoms in total. The number of anilines is 2. The normalized spacial score (nSPS) is 10.4. The first-order valence-electron chi connectivity index (χ1n) is 8.29. The highest BCUT2D eigenvalue weighted by molar-refractivity contribution is 5.90. The highest BCUT2D eigenvalue weighted by Crippen LogP contribution is 2.25. The van der Waals surface area contributed by atoms with Gasteiger partial charge < -0.3 is 19.9 Å². The molecule has 0 aliphatic heterocycles. The van der Waals surface area contributed by atoms with Crippen LogP contribution in [-0.4, -0.2) is 51.1 Å². The quantitative estimate of drug-likeness (QED) is 0.753. The first-order chi connectivity index (χ1) is 11.4. The monoisotopic (exact) mass is 335 g/mol. The van der Waals surface area contributed by atoms with E-state index in [1.807, 2.05) is 51.0 Å². The van der Waals surface area contributed by atoms with Crippen molar-refractivity contribution < 1.29 is 14.3 Å². The molecule has 0 aromatic heterocycles. The Hall–Kier alpha value is -2.08. The summed E-state index contributed by atoms with van der Waals surface area (Å²) < 4.78 is 5.11. The van der Waals surface area contributed by atoms with E-state index in [1.165, 1.54) is 0 Å². The zero-order chi connectivity index (χ0) is 18.1. The molecule has 134 valence electrons. The Labute approximate surface area is 144 Å². The van der Waals surface area contributed by atoms with Gasteiger partial charge in [-0.1, -0.05) is 13.8 Å². The molecule has 1 N–H and O–H groups in total. The van der Waals surface area contributed by atoms with Gasteiger partial charge in [0, 0.05) is 58.5 Å². The molecule has 2 amide bonds. The number of benzene rings is 1. The van der Waals surface area contributed by atoms with Crippen LogP contribution in [0.15, 0.2) is 18.2 Å². The summed E-state index contributed by atoms with van der Waals surface area (Å²) in [7, 11) is 5.55. The fraction of sp³-hybridized carbons (Fsp3) is 0.556. The van der Waals surface area contributed by atoms with Crippen LogP contribution in [0.1, 0.15) is 32.3 Å². The molecule has 1 aromatic carbocycles. The predicted octanol–water partition coefficient (Wildman–Crippen LogP) is 2.49. The summed E-state index contributed by atoms with van der Waals surface area (Å²) >= 11 is 0. The van der Waals surface area contributed by atoms with Crippen LogP contribution in [0, 0.1) is 0 Å². The second-order valence-electron chi connectivity index (χ2n) is 5.80. The van der Waals surface area contributed by atoms with Crippen LogP contribution in [0.25, 0.3) is 0 Å². The number of ether oxygens (including phenoxy) is 1. The fourth-order valence-electron chi connectivity index (χ4n) is 2.40. The number of hydrogen-bond donors (Lipinski definition) is 1. The van der Waals surface area contributed by atoms with Crippen molar-refractivity contribution in [1.82, 2.24) is 4.90 Å². The Morgan fingerprint density at radius 1 is 1.17 bits per heavy atom. The summed E-state index contributed by atoms with van der Waals surface area (Å²) in [5.41, 5.74) is 2.76. The largest absolute Gasteiger partial charge is 0.383 e. The van der Waals surface area contributed by atoms with Crippen molar-refractivity contribution in [3.8, 4) is 0 Å². The van der Waals surface area contributed by atoms with Gasteiger partial charge in [0.25, 0.3) is 0 Å². The van der Waals surface area contributed by atoms with Crippen molar-refractivity contribution in [2.24, 2.45) is 0 Å². The van der Waals surface area contributed by atoms with Gasteiger partial charge in [0.1, 0.15) is 0 Å². The van der Waals surface area contributed by atoms with Crippen molar-refractivity contribution in [2.75, 3.05) is 44.6 Å². The molecule has 0 aliphatic carbocycles. The maximum absolute atomic E-state index is 12.2. The number of carbonyl (C=O) groups excluding carboxylic acids is 2. The minimum atomic E-state index is -0.0283. The van der Waals surface area contributed by atoms with Crippen molar-refractivity contribution in [3.05, 3.63) is 23.8 Å². The zero-order valence-corrected chi connectivity index (χ0v) is 15.4. The lowest BCUT2D eigenvalue weighted by molar-refractivity contribution is -0.132. The summed E-state index contributed by atoms with van der Waals surface area (Å²) in [5, 5.41) is 2.87. The molecule has 0 unspecified atom stereocenters. The molecule has 0 spiro atoms. The Balaban J connectivity index is 3.08. The van der Waals surface area contributed by atoms with E-state index in [1.54, 1.807) is 12.0 Å². The van der Waals surface area contributed by atoms with Crippen LogP contribution in [0.4, 0.5) is 11.4 Å². The zero-order valence-electron chi connectivity index (χ0n) is 15.4. The van der Waals surface area contributed by atoms with Gasteiger partial charge in [-0.3, -0.25) is 9.59 Å². The van der Waals surface area contributed by atoms with E-state index < -0.39 is 0 Å². The van der Waals surface area contributed by atoms with E-state index in [9.17, 15) is 9.59 Å². The SMILES string of the molecule is CCC(=O)Nc1ccc(N(C)C)c(CN(CCOC)C(=O)CC)c1. The average Bonchev–Trinajstić information content (AvgIpc) is 2.57. The summed E-state index contributed by atoms with van der Waals surface area (Å²) in [6.45, 7) is 5.19. The topological polar surface area (TPSA) is 61.9 Å². The molecular weight excluding hydrogens is 306 g/mol. The van der Waals surface area contributed by atoms with E-state index >= 15 is 0 Å². The van der Waals surface area contributed by atoms with Crippen LogP contribution in [0.5, 0.6) is 0 Å². The van der Waals surface area contributed by atoms with Gasteiger partial charge in [0.05, 0.1) is 6.61 Å². The molecule has 0 radical (unpaired) electrons. The average molecular weight is 335 g/mol. The van der Waals surface area contributed by atoms with Gasteiger partial charge in [-0.2, -0.15) is 0 Å². The molecular formula is C18H29N3O3. The van der Waals surface area contributed by atoms with Crippen LogP contribution in [0.2, 0.25) is 0 Å². The highest BCUT2D eigenvalue weighted by Gasteiger charge is 2.15. The molecule has 6 heteroatoms. The minimum absolute atomic E-state index is 0.0283. The third kappa shape index (κ3) is 5.85. The van der Waals surface area contributed by atoms with Gasteiger partial charge >= 0.3 is 0 Å². The van der Waals surface area contributed by atoms with Gasteiger partial charge in [0.15, 0.2) is 0 Å². The molecule has 0 bridgehead atoms. The standard InChI is InChI=1S/C18H29N3O3/c1-6-17(22)19-15-8-9-16(20(3)4)14(12-15)13-21(10-11-24-5)18(23)7-2/h8-9,12H,6-7,10-11,13H2,1-5H3,(H,19,22). The van der Waals surface area contributed by atoms with Gasteiger partial charge in [-0.15, -0.1) is 0 Å². The molecule has 24 heavy (non-hydrogen) atoms. The lowest BCUT2D eigenvalue weighted by Crippen LogP contribution is -2.33. The maximum Gasteiger partial charge on any atom is 0.224 e. The minimum Gasteiger partial charge on any atom is -0.383 e. The van der Waals surface area contributed by atoms with E-state index in [0.717, 1.165) is 16.9 Å². The molecule has 0 fully saturated rings. The van der Waals surface area contributed by atoms with E-state index in [4.69, 9.17) is 4.74 Å². The Morgan fingerprint density at radius 2 is 1.88 bits per heavy atom. The summed E-state index contributed by atoms with van der Waals surface area (Å²) in [5.74, 6) is 0.0548. The van der Waals surface area contributed by atoms with Crippen LogP contribution < -0.4 is 10.2 Å². The van der Waals surface area contributed by atoms with Crippen LogP contribution in [0.3, 0.4) is 0 Å². The van der Waals surface area contributed by atoms with E-state index in [0.29, 0.717) is 32.5 Å². The number of carbonyl (C=O) groups is 2. The molecule has 0 heterocycles. The molecule has 0 saturated carbocycles. The fourth-order valence-corrected chi connectivity index (χ4v) is 2.40. The number of nitrogens with one attached hydrogen (secondary N) is 1. The second-order valence-corrected chi connectivity index (χ2v) is 5.80. The van der Waals surface area contributed by atoms with Crippen LogP contribution >= 0.6 is 0 Å². The maximum atomic E-state index is 12.2. The number of nitrogens with zero attached hydrogens (tertiary/aromatic N) is 2. The Kier molecular flexibility index (Phi) is 8.26. The predicted molar refractivity (Wildman–Crippen MR) is 97.3 cm³/mol. The molecule has 1 rings (SSSR count).